The SMILES string of the molecule is N#Cc1cc([N+](=O)[O-])cn(CC(=O)Nc2ccc(F)c(F)c2)c1=O. The number of nitrogens with one attached hydrogen (secondary N) is 1. The highest BCUT2D eigenvalue weighted by Gasteiger charge is 2.16. The summed E-state index contributed by atoms with van der Waals surface area (Å²) < 4.78 is 26.6. The lowest BCUT2D eigenvalue weighted by atomic mass is 10.2. The Morgan fingerprint density at radius 3 is 2.62 bits per heavy atom. The molecule has 0 spiro atoms. The van der Waals surface area contributed by atoms with Crippen molar-refractivity contribution in [2.75, 3.05) is 5.32 Å². The highest BCUT2D eigenvalue weighted by Crippen LogP contribution is 2.13. The number of nitrogens with zero attached hydrogens (tertiary/aromatic N) is 3. The highest BCUT2D eigenvalue weighted by molar-refractivity contribution is 5.90. The van der Waals surface area contributed by atoms with Crippen LogP contribution in [0.4, 0.5) is 20.2 Å². The van der Waals surface area contributed by atoms with Crippen LogP contribution in [0.15, 0.2) is 35.3 Å². The Labute approximate surface area is 132 Å². The number of carbonyl (C=O) groups is 1. The number of amides is 1. The Balaban J connectivity index is 2.27. The van der Waals surface area contributed by atoms with Crippen molar-refractivity contribution in [3.63, 3.8) is 0 Å². The lowest BCUT2D eigenvalue weighted by Crippen LogP contribution is -2.29. The minimum absolute atomic E-state index is 0.0575. The average molecular weight is 334 g/mol. The molecule has 0 fully saturated rings. The van der Waals surface area contributed by atoms with Gasteiger partial charge >= 0.3 is 0 Å². The summed E-state index contributed by atoms with van der Waals surface area (Å²) in [6.07, 6.45) is 0.813. The molecule has 0 bridgehead atoms. The van der Waals surface area contributed by atoms with Crippen molar-refractivity contribution in [1.82, 2.24) is 4.57 Å². The zero-order chi connectivity index (χ0) is 17.9. The molecule has 0 saturated heterocycles. The Hall–Kier alpha value is -3.61. The van der Waals surface area contributed by atoms with Crippen molar-refractivity contribution >= 4 is 17.3 Å². The second kappa shape index (κ2) is 6.66. The van der Waals surface area contributed by atoms with Crippen LogP contribution in [-0.4, -0.2) is 15.4 Å². The lowest BCUT2D eigenvalue weighted by molar-refractivity contribution is -0.385. The van der Waals surface area contributed by atoms with Crippen LogP contribution >= 0.6 is 0 Å². The molecular formula is C14H8F2N4O4. The van der Waals surface area contributed by atoms with E-state index in [1.54, 1.807) is 0 Å². The highest BCUT2D eigenvalue weighted by atomic mass is 19.2. The third kappa shape index (κ3) is 3.58. The number of halogens is 2. The van der Waals surface area contributed by atoms with Gasteiger partial charge in [0.2, 0.25) is 5.91 Å². The van der Waals surface area contributed by atoms with Gasteiger partial charge in [0.1, 0.15) is 18.2 Å². The number of benzene rings is 1. The number of carbonyl (C=O) groups excluding carboxylic acids is 1. The smallest absolute Gasteiger partial charge is 0.287 e. The molecule has 2 rings (SSSR count). The number of nitro groups is 1. The van der Waals surface area contributed by atoms with Crippen LogP contribution in [0.2, 0.25) is 0 Å². The number of hydrogen-bond acceptors (Lipinski definition) is 5. The van der Waals surface area contributed by atoms with Gasteiger partial charge in [-0.15, -0.1) is 0 Å². The molecule has 0 radical (unpaired) electrons. The van der Waals surface area contributed by atoms with Crippen molar-refractivity contribution < 1.29 is 18.5 Å². The summed E-state index contributed by atoms with van der Waals surface area (Å²) in [6.45, 7) is -0.645. The fraction of sp³-hybridized carbons (Fsp3) is 0.0714. The molecule has 1 aromatic carbocycles. The number of pyridine rings is 1. The molecule has 1 heterocycles. The number of rotatable bonds is 4. The van der Waals surface area contributed by atoms with Gasteiger partial charge in [0.15, 0.2) is 11.6 Å². The van der Waals surface area contributed by atoms with E-state index in [-0.39, 0.29) is 5.69 Å². The molecule has 122 valence electrons. The predicted molar refractivity (Wildman–Crippen MR) is 77.1 cm³/mol. The molecule has 0 saturated carbocycles. The summed E-state index contributed by atoms with van der Waals surface area (Å²) in [5, 5.41) is 21.8. The number of anilines is 1. The largest absolute Gasteiger partial charge is 0.324 e. The topological polar surface area (TPSA) is 118 Å². The Bertz CT molecular complexity index is 933. The van der Waals surface area contributed by atoms with Gasteiger partial charge in [-0.1, -0.05) is 0 Å². The number of nitriles is 1. The maximum atomic E-state index is 13.1. The van der Waals surface area contributed by atoms with E-state index in [0.29, 0.717) is 4.57 Å². The van der Waals surface area contributed by atoms with Gasteiger partial charge in [0.05, 0.1) is 11.1 Å². The van der Waals surface area contributed by atoms with Crippen LogP contribution in [0.3, 0.4) is 0 Å². The van der Waals surface area contributed by atoms with Crippen molar-refractivity contribution in [2.45, 2.75) is 6.54 Å². The molecule has 2 aromatic rings. The van der Waals surface area contributed by atoms with Gasteiger partial charge < -0.3 is 5.32 Å². The molecule has 0 atom stereocenters. The Kier molecular flexibility index (Phi) is 4.65. The first-order valence-electron chi connectivity index (χ1n) is 6.35. The molecule has 0 aliphatic rings. The summed E-state index contributed by atoms with van der Waals surface area (Å²) in [5.74, 6) is -3.08. The van der Waals surface area contributed by atoms with E-state index in [1.165, 1.54) is 6.07 Å². The zero-order valence-electron chi connectivity index (χ0n) is 11.8. The van der Waals surface area contributed by atoms with Crippen LogP contribution in [0.5, 0.6) is 0 Å². The molecular weight excluding hydrogens is 326 g/mol. The fourth-order valence-corrected chi connectivity index (χ4v) is 1.85. The maximum absolute atomic E-state index is 13.1. The minimum Gasteiger partial charge on any atom is -0.324 e. The lowest BCUT2D eigenvalue weighted by Gasteiger charge is -2.08. The van der Waals surface area contributed by atoms with E-state index in [0.717, 1.165) is 30.5 Å². The second-order valence-corrected chi connectivity index (χ2v) is 4.59. The summed E-state index contributed by atoms with van der Waals surface area (Å²) in [6, 6.07) is 4.95. The predicted octanol–water partition coefficient (Wildman–Crippen LogP) is 1.55. The van der Waals surface area contributed by atoms with E-state index in [1.807, 2.05) is 0 Å². The van der Waals surface area contributed by atoms with Crippen LogP contribution in [0.1, 0.15) is 5.56 Å². The van der Waals surface area contributed by atoms with Crippen molar-refractivity contribution in [2.24, 2.45) is 0 Å². The molecule has 1 N–H and O–H groups in total. The van der Waals surface area contributed by atoms with E-state index < -0.39 is 45.8 Å². The average Bonchev–Trinajstić information content (AvgIpc) is 2.52. The summed E-state index contributed by atoms with van der Waals surface area (Å²) in [4.78, 5) is 33.7. The molecule has 24 heavy (non-hydrogen) atoms. The van der Waals surface area contributed by atoms with Crippen molar-refractivity contribution in [3.8, 4) is 6.07 Å². The van der Waals surface area contributed by atoms with E-state index in [4.69, 9.17) is 5.26 Å². The molecule has 0 aliphatic carbocycles. The summed E-state index contributed by atoms with van der Waals surface area (Å²) >= 11 is 0. The molecule has 8 nitrogen and oxygen atoms in total. The first kappa shape index (κ1) is 16.8. The van der Waals surface area contributed by atoms with Gasteiger partial charge in [0.25, 0.3) is 11.2 Å². The van der Waals surface area contributed by atoms with Gasteiger partial charge in [-0.25, -0.2) is 8.78 Å². The van der Waals surface area contributed by atoms with Crippen molar-refractivity contribution in [3.05, 3.63) is 68.1 Å². The standard InChI is InChI=1S/C14H8F2N4O4/c15-11-2-1-9(4-12(11)16)18-13(21)7-19-6-10(20(23)24)3-8(5-17)14(19)22/h1-4,6H,7H2,(H,18,21). The van der Waals surface area contributed by atoms with E-state index in [9.17, 15) is 28.5 Å². The summed E-state index contributed by atoms with van der Waals surface area (Å²) in [5.41, 5.74) is -1.97. The van der Waals surface area contributed by atoms with Gasteiger partial charge in [-0.3, -0.25) is 24.3 Å². The van der Waals surface area contributed by atoms with Crippen LogP contribution < -0.4 is 10.9 Å². The quantitative estimate of drug-likeness (QED) is 0.672. The first-order chi connectivity index (χ1) is 11.3. The molecule has 10 heteroatoms. The number of aromatic nitrogens is 1. The molecule has 1 aromatic heterocycles. The van der Waals surface area contributed by atoms with Crippen LogP contribution in [0.25, 0.3) is 0 Å². The van der Waals surface area contributed by atoms with Gasteiger partial charge in [-0.05, 0) is 12.1 Å². The van der Waals surface area contributed by atoms with Gasteiger partial charge in [-0.2, -0.15) is 5.26 Å². The maximum Gasteiger partial charge on any atom is 0.287 e. The third-order valence-electron chi connectivity index (χ3n) is 2.92. The Morgan fingerprint density at radius 2 is 2.04 bits per heavy atom. The van der Waals surface area contributed by atoms with Crippen LogP contribution in [-0.2, 0) is 11.3 Å². The third-order valence-corrected chi connectivity index (χ3v) is 2.92. The normalized spacial score (nSPS) is 10.0. The minimum atomic E-state index is -1.17. The van der Waals surface area contributed by atoms with Crippen LogP contribution in [0, 0.1) is 33.1 Å². The second-order valence-electron chi connectivity index (χ2n) is 4.59. The number of hydrogen-bond donors (Lipinski definition) is 1. The first-order valence-corrected chi connectivity index (χ1v) is 6.35. The van der Waals surface area contributed by atoms with E-state index in [2.05, 4.69) is 5.32 Å². The van der Waals surface area contributed by atoms with Crippen molar-refractivity contribution in [1.29, 1.82) is 5.26 Å². The molecule has 0 unspecified atom stereocenters. The Morgan fingerprint density at radius 1 is 1.33 bits per heavy atom. The monoisotopic (exact) mass is 334 g/mol. The summed E-state index contributed by atoms with van der Waals surface area (Å²) in [7, 11) is 0. The zero-order valence-corrected chi connectivity index (χ0v) is 11.8. The van der Waals surface area contributed by atoms with E-state index >= 15 is 0 Å². The van der Waals surface area contributed by atoms with Gasteiger partial charge in [0, 0.05) is 17.8 Å². The molecule has 0 aliphatic heterocycles. The molecule has 1 amide bonds. The fourth-order valence-electron chi connectivity index (χ4n) is 1.85.